The number of imide groups is 1. The summed E-state index contributed by atoms with van der Waals surface area (Å²) in [6.07, 6.45) is 0. The van der Waals surface area contributed by atoms with Crippen LogP contribution in [0.2, 0.25) is 0 Å². The first-order valence-corrected chi connectivity index (χ1v) is 8.64. The monoisotopic (exact) mass is 394 g/mol. The van der Waals surface area contributed by atoms with Crippen molar-refractivity contribution in [3.8, 4) is 0 Å². The summed E-state index contributed by atoms with van der Waals surface area (Å²) in [5.74, 6) is -5.39. The number of benzene rings is 2. The molecule has 1 saturated heterocycles. The zero-order chi connectivity index (χ0) is 20.9. The highest BCUT2D eigenvalue weighted by atomic mass is 16.4. The number of fused-ring (bicyclic) bond motifs is 1. The summed E-state index contributed by atoms with van der Waals surface area (Å²) < 4.78 is 0. The molecular formula is C20H14N2O7. The zero-order valence-electron chi connectivity index (χ0n) is 14.8. The van der Waals surface area contributed by atoms with Crippen molar-refractivity contribution in [2.75, 3.05) is 0 Å². The van der Waals surface area contributed by atoms with E-state index < -0.39 is 47.8 Å². The number of carbonyl (C=O) groups is 5. The van der Waals surface area contributed by atoms with E-state index in [0.29, 0.717) is 9.80 Å². The molecule has 146 valence electrons. The van der Waals surface area contributed by atoms with Gasteiger partial charge in [0.25, 0.3) is 17.7 Å². The number of likely N-dealkylation sites (tertiary alicyclic amines) is 1. The smallest absolute Gasteiger partial charge is 0.331 e. The van der Waals surface area contributed by atoms with Gasteiger partial charge in [0.2, 0.25) is 0 Å². The number of rotatable bonds is 5. The van der Waals surface area contributed by atoms with Crippen molar-refractivity contribution in [1.29, 1.82) is 0 Å². The fourth-order valence-electron chi connectivity index (χ4n) is 3.81. The summed E-state index contributed by atoms with van der Waals surface area (Å²) in [5.41, 5.74) is 0.358. The van der Waals surface area contributed by atoms with E-state index in [2.05, 4.69) is 0 Å². The number of hydrogen-bond donors (Lipinski definition) is 2. The molecule has 0 aliphatic carbocycles. The molecule has 0 saturated carbocycles. The topological polar surface area (TPSA) is 132 Å². The number of nitrogens with zero attached hydrogens (tertiary/aromatic N) is 2. The van der Waals surface area contributed by atoms with Gasteiger partial charge in [-0.3, -0.25) is 19.3 Å². The normalized spacial score (nSPS) is 21.6. The largest absolute Gasteiger partial charge is 0.480 e. The molecule has 4 rings (SSSR count). The Bertz CT molecular complexity index is 1030. The molecule has 29 heavy (non-hydrogen) atoms. The molecule has 9 heteroatoms. The molecule has 2 heterocycles. The second kappa shape index (κ2) is 6.55. The molecule has 2 aromatic rings. The van der Waals surface area contributed by atoms with E-state index in [1.807, 2.05) is 0 Å². The second-order valence-electron chi connectivity index (χ2n) is 6.65. The predicted molar refractivity (Wildman–Crippen MR) is 95.8 cm³/mol. The van der Waals surface area contributed by atoms with Crippen LogP contribution in [0, 0.1) is 0 Å². The zero-order valence-corrected chi connectivity index (χ0v) is 14.8. The summed E-state index contributed by atoms with van der Waals surface area (Å²) in [4.78, 5) is 63.3. The van der Waals surface area contributed by atoms with Crippen LogP contribution in [0.15, 0.2) is 54.6 Å². The number of aliphatic carboxylic acids is 2. The number of amides is 3. The molecule has 0 bridgehead atoms. The standard InChI is InChI=1S/C20H14N2O7/c23-16-11-8-4-5-9-12(11)17(24)22(16)14-15(20(28)29)21(18(14)25)13(19(26)27)10-6-2-1-3-7-10/h1-9,13-15H,(H,26,27)(H,28,29). The fourth-order valence-corrected chi connectivity index (χ4v) is 3.81. The molecule has 3 amide bonds. The van der Waals surface area contributed by atoms with Gasteiger partial charge >= 0.3 is 11.9 Å². The van der Waals surface area contributed by atoms with Crippen molar-refractivity contribution in [2.45, 2.75) is 18.1 Å². The molecule has 1 fully saturated rings. The first-order valence-electron chi connectivity index (χ1n) is 8.64. The van der Waals surface area contributed by atoms with Crippen LogP contribution in [0.4, 0.5) is 0 Å². The van der Waals surface area contributed by atoms with Gasteiger partial charge in [0.1, 0.15) is 0 Å². The van der Waals surface area contributed by atoms with Crippen LogP contribution in [-0.4, -0.2) is 61.8 Å². The molecule has 9 nitrogen and oxygen atoms in total. The third-order valence-electron chi connectivity index (χ3n) is 5.09. The maximum atomic E-state index is 12.9. The molecule has 2 aromatic carbocycles. The van der Waals surface area contributed by atoms with Crippen molar-refractivity contribution in [3.63, 3.8) is 0 Å². The number of carbonyl (C=O) groups excluding carboxylic acids is 3. The van der Waals surface area contributed by atoms with Gasteiger partial charge in [-0.25, -0.2) is 9.59 Å². The van der Waals surface area contributed by atoms with Gasteiger partial charge in [-0.2, -0.15) is 0 Å². The maximum Gasteiger partial charge on any atom is 0.331 e. The Labute approximate surface area is 163 Å². The summed E-state index contributed by atoms with van der Waals surface area (Å²) in [7, 11) is 0. The molecular weight excluding hydrogens is 380 g/mol. The highest BCUT2D eigenvalue weighted by molar-refractivity contribution is 6.24. The molecule has 2 aliphatic heterocycles. The average molecular weight is 394 g/mol. The van der Waals surface area contributed by atoms with Gasteiger partial charge < -0.3 is 15.1 Å². The van der Waals surface area contributed by atoms with Crippen LogP contribution >= 0.6 is 0 Å². The first-order chi connectivity index (χ1) is 13.8. The molecule has 0 aromatic heterocycles. The van der Waals surface area contributed by atoms with Crippen LogP contribution in [0.5, 0.6) is 0 Å². The summed E-state index contributed by atoms with van der Waals surface area (Å²) in [5, 5.41) is 19.3. The Morgan fingerprint density at radius 3 is 1.83 bits per heavy atom. The minimum absolute atomic E-state index is 0.0748. The molecule has 3 unspecified atom stereocenters. The third-order valence-corrected chi connectivity index (χ3v) is 5.09. The molecule has 0 spiro atoms. The second-order valence-corrected chi connectivity index (χ2v) is 6.65. The number of hydrogen-bond acceptors (Lipinski definition) is 5. The lowest BCUT2D eigenvalue weighted by molar-refractivity contribution is -0.178. The SMILES string of the molecule is O=C(O)C(c1ccccc1)N1C(=O)C(N2C(=O)c3ccccc3C2=O)C1C(=O)O. The quantitative estimate of drug-likeness (QED) is 0.565. The highest BCUT2D eigenvalue weighted by Gasteiger charge is 2.62. The van der Waals surface area contributed by atoms with E-state index in [9.17, 15) is 34.2 Å². The van der Waals surface area contributed by atoms with Crippen molar-refractivity contribution in [2.24, 2.45) is 0 Å². The Morgan fingerprint density at radius 2 is 1.34 bits per heavy atom. The highest BCUT2D eigenvalue weighted by Crippen LogP contribution is 2.38. The van der Waals surface area contributed by atoms with Crippen molar-refractivity contribution < 1.29 is 34.2 Å². The summed E-state index contributed by atoms with van der Waals surface area (Å²) >= 11 is 0. The average Bonchev–Trinajstić information content (AvgIpc) is 2.95. The predicted octanol–water partition coefficient (Wildman–Crippen LogP) is 0.772. The van der Waals surface area contributed by atoms with E-state index in [1.165, 1.54) is 24.3 Å². The van der Waals surface area contributed by atoms with Crippen molar-refractivity contribution in [3.05, 3.63) is 71.3 Å². The third kappa shape index (κ3) is 2.59. The molecule has 2 aliphatic rings. The minimum atomic E-state index is -1.67. The van der Waals surface area contributed by atoms with Gasteiger partial charge in [0.05, 0.1) is 11.1 Å². The Morgan fingerprint density at radius 1 is 0.828 bits per heavy atom. The molecule has 3 atom stereocenters. The number of β-lactam (4-membered cyclic amide) rings is 1. The van der Waals surface area contributed by atoms with Crippen LogP contribution in [0.1, 0.15) is 32.3 Å². The van der Waals surface area contributed by atoms with Crippen LogP contribution in [0.25, 0.3) is 0 Å². The summed E-state index contributed by atoms with van der Waals surface area (Å²) in [6.45, 7) is 0. The van der Waals surface area contributed by atoms with E-state index in [-0.39, 0.29) is 16.7 Å². The minimum Gasteiger partial charge on any atom is -0.480 e. The summed E-state index contributed by atoms with van der Waals surface area (Å²) in [6, 6.07) is 8.77. The lowest BCUT2D eigenvalue weighted by Crippen LogP contribution is -2.75. The van der Waals surface area contributed by atoms with Gasteiger partial charge in [-0.1, -0.05) is 42.5 Å². The van der Waals surface area contributed by atoms with Crippen LogP contribution in [-0.2, 0) is 14.4 Å². The van der Waals surface area contributed by atoms with Crippen LogP contribution < -0.4 is 0 Å². The van der Waals surface area contributed by atoms with E-state index in [1.54, 1.807) is 30.3 Å². The molecule has 0 radical (unpaired) electrons. The number of carboxylic acids is 2. The van der Waals surface area contributed by atoms with Gasteiger partial charge in [0, 0.05) is 0 Å². The lowest BCUT2D eigenvalue weighted by Gasteiger charge is -2.49. The van der Waals surface area contributed by atoms with Gasteiger partial charge in [-0.15, -0.1) is 0 Å². The van der Waals surface area contributed by atoms with E-state index in [4.69, 9.17) is 0 Å². The molecule has 2 N–H and O–H groups in total. The van der Waals surface area contributed by atoms with E-state index in [0.717, 1.165) is 0 Å². The van der Waals surface area contributed by atoms with Crippen molar-refractivity contribution >= 4 is 29.7 Å². The van der Waals surface area contributed by atoms with Gasteiger partial charge in [-0.05, 0) is 17.7 Å². The Balaban J connectivity index is 1.73. The Hall–Kier alpha value is -4.01. The first kappa shape index (κ1) is 18.4. The van der Waals surface area contributed by atoms with Gasteiger partial charge in [0.15, 0.2) is 18.1 Å². The maximum absolute atomic E-state index is 12.9. The fraction of sp³-hybridized carbons (Fsp3) is 0.150. The Kier molecular flexibility index (Phi) is 4.15. The lowest BCUT2D eigenvalue weighted by atomic mass is 9.88. The van der Waals surface area contributed by atoms with Crippen LogP contribution in [0.3, 0.4) is 0 Å². The van der Waals surface area contributed by atoms with E-state index >= 15 is 0 Å². The number of carboxylic acid groups (broad SMARTS) is 2. The van der Waals surface area contributed by atoms with Crippen molar-refractivity contribution in [1.82, 2.24) is 9.80 Å².